The molecule has 14 nitrogen and oxygen atoms in total. The number of phosphoric ester groups is 3. The fourth-order valence-electron chi connectivity index (χ4n) is 1.81. The molecule has 4 atom stereocenters. The highest BCUT2D eigenvalue weighted by Gasteiger charge is 2.57. The van der Waals surface area contributed by atoms with Crippen molar-refractivity contribution in [3.05, 3.63) is 0 Å². The molecule has 1 rings (SSSR count). The van der Waals surface area contributed by atoms with Crippen LogP contribution in [0, 0.1) is 0 Å². The molecule has 0 bridgehead atoms. The maximum Gasteiger partial charge on any atom is 0.470 e. The molecule has 0 heterocycles. The van der Waals surface area contributed by atoms with Crippen molar-refractivity contribution >= 4 is 23.5 Å². The molecule has 0 aromatic carbocycles. The van der Waals surface area contributed by atoms with Gasteiger partial charge in [0.1, 0.15) is 30.5 Å². The first-order valence-corrected chi connectivity index (χ1v) is 9.78. The highest BCUT2D eigenvalue weighted by atomic mass is 31.2. The van der Waals surface area contributed by atoms with Crippen molar-refractivity contribution in [3.8, 4) is 0 Å². The molecule has 0 aliphatic heterocycles. The van der Waals surface area contributed by atoms with Crippen molar-refractivity contribution in [1.29, 1.82) is 0 Å². The average molecular weight is 390 g/mol. The highest BCUT2D eigenvalue weighted by Crippen LogP contribution is 2.50. The van der Waals surface area contributed by atoms with E-state index in [-0.39, 0.29) is 0 Å². The summed E-state index contributed by atoms with van der Waals surface area (Å²) in [6, 6.07) is 0. The summed E-state index contributed by atoms with van der Waals surface area (Å²) >= 11 is 0. The van der Waals surface area contributed by atoms with E-state index in [0.717, 1.165) is 0 Å². The largest absolute Gasteiger partial charge is 0.470 e. The molecule has 0 aromatic rings. The Morgan fingerprint density at radius 2 is 0.773 bits per heavy atom. The van der Waals surface area contributed by atoms with Crippen molar-refractivity contribution in [2.75, 3.05) is 0 Å². The van der Waals surface area contributed by atoms with Crippen LogP contribution in [0.3, 0.4) is 0 Å². The molecule has 0 radical (unpaired) electrons. The maximum atomic E-state index is 10.8. The van der Waals surface area contributed by atoms with Crippen LogP contribution in [0.2, 0.25) is 0 Å². The normalized spacial score (nSPS) is 31.6. The molecule has 17 heteroatoms. The predicted octanol–water partition coefficient (Wildman–Crippen LogP) is -2.84. The third-order valence-electron chi connectivity index (χ3n) is 2.45. The van der Waals surface area contributed by atoms with Crippen LogP contribution in [-0.4, -0.2) is 70.1 Å². The van der Waals surface area contributed by atoms with Gasteiger partial charge in [-0.15, -0.1) is 0 Å². The fraction of sp³-hybridized carbons (Fsp3) is 1.00. The van der Waals surface area contributed by atoms with Crippen LogP contribution in [-0.2, 0) is 27.3 Å². The molecule has 8 N–H and O–H groups in total. The number of phosphoric acid groups is 3. The highest BCUT2D eigenvalue weighted by molar-refractivity contribution is 7.46. The molecule has 22 heavy (non-hydrogen) atoms. The van der Waals surface area contributed by atoms with Gasteiger partial charge in [-0.05, 0) is 0 Å². The van der Waals surface area contributed by atoms with Gasteiger partial charge in [-0.1, -0.05) is 0 Å². The molecule has 1 aliphatic carbocycles. The molecule has 1 saturated carbocycles. The molecular formula is C5H13O14P3. The van der Waals surface area contributed by atoms with Gasteiger partial charge in [0.25, 0.3) is 0 Å². The summed E-state index contributed by atoms with van der Waals surface area (Å²) in [6.45, 7) is 0. The van der Waals surface area contributed by atoms with Crippen molar-refractivity contribution in [1.82, 2.24) is 0 Å². The second-order valence-corrected chi connectivity index (χ2v) is 7.74. The van der Waals surface area contributed by atoms with Crippen LogP contribution in [0.5, 0.6) is 0 Å². The zero-order valence-electron chi connectivity index (χ0n) is 10.3. The average Bonchev–Trinajstić information content (AvgIpc) is 2.41. The number of hydrogen-bond acceptors (Lipinski definition) is 8. The van der Waals surface area contributed by atoms with Gasteiger partial charge in [0.15, 0.2) is 0 Å². The van der Waals surface area contributed by atoms with E-state index in [2.05, 4.69) is 13.6 Å². The van der Waals surface area contributed by atoms with Crippen LogP contribution >= 0.6 is 23.5 Å². The van der Waals surface area contributed by atoms with Gasteiger partial charge in [-0.2, -0.15) is 0 Å². The summed E-state index contributed by atoms with van der Waals surface area (Å²) in [5, 5.41) is 19.4. The van der Waals surface area contributed by atoms with Crippen LogP contribution in [0.4, 0.5) is 0 Å². The van der Waals surface area contributed by atoms with E-state index < -0.39 is 54.0 Å². The Bertz CT molecular complexity index is 493. The van der Waals surface area contributed by atoms with Crippen LogP contribution in [0.25, 0.3) is 0 Å². The van der Waals surface area contributed by atoms with E-state index in [1.165, 1.54) is 0 Å². The number of hydrogen-bond donors (Lipinski definition) is 8. The molecule has 1 aliphatic rings. The van der Waals surface area contributed by atoms with E-state index in [0.29, 0.717) is 0 Å². The van der Waals surface area contributed by atoms with Gasteiger partial charge in [-0.3, -0.25) is 13.6 Å². The van der Waals surface area contributed by atoms with Crippen molar-refractivity contribution < 1.29 is 66.8 Å². The Balaban J connectivity index is 3.11. The maximum absolute atomic E-state index is 10.8. The first-order chi connectivity index (χ1) is 9.61. The lowest BCUT2D eigenvalue weighted by Crippen LogP contribution is -2.36. The van der Waals surface area contributed by atoms with E-state index >= 15 is 0 Å². The quantitative estimate of drug-likeness (QED) is 0.213. The van der Waals surface area contributed by atoms with Gasteiger partial charge in [0.05, 0.1) is 0 Å². The number of rotatable bonds is 6. The van der Waals surface area contributed by atoms with Crippen molar-refractivity contribution in [3.63, 3.8) is 0 Å². The van der Waals surface area contributed by atoms with E-state index in [4.69, 9.17) is 29.4 Å². The Hall–Kier alpha value is 0.250. The smallest absolute Gasteiger partial charge is 0.387 e. The third-order valence-corrected chi connectivity index (χ3v) is 4.00. The SMILES string of the molecule is O=P(O)(O)OC1[C@H](O)[C@@H](OP(=O)(O)O)[C@H](OP(=O)(O)O)[C@H]1O. The molecule has 0 spiro atoms. The van der Waals surface area contributed by atoms with Crippen LogP contribution in [0.1, 0.15) is 0 Å². The zero-order chi connectivity index (χ0) is 17.5. The number of aliphatic hydroxyl groups excluding tert-OH is 2. The molecule has 132 valence electrons. The molecule has 0 saturated heterocycles. The van der Waals surface area contributed by atoms with Gasteiger partial charge >= 0.3 is 23.5 Å². The minimum absolute atomic E-state index is 2.19. The fourth-order valence-corrected chi connectivity index (χ4v) is 3.50. The van der Waals surface area contributed by atoms with Gasteiger partial charge in [-0.25, -0.2) is 13.7 Å². The van der Waals surface area contributed by atoms with Crippen molar-refractivity contribution in [2.45, 2.75) is 30.5 Å². The Morgan fingerprint density at radius 3 is 1.00 bits per heavy atom. The monoisotopic (exact) mass is 390 g/mol. The second kappa shape index (κ2) is 6.63. The summed E-state index contributed by atoms with van der Waals surface area (Å²) in [5.74, 6) is 0. The molecule has 0 unspecified atom stereocenters. The summed E-state index contributed by atoms with van der Waals surface area (Å²) in [5.41, 5.74) is 0. The van der Waals surface area contributed by atoms with Gasteiger partial charge < -0.3 is 39.6 Å². The van der Waals surface area contributed by atoms with E-state index in [9.17, 15) is 23.9 Å². The topological polar surface area (TPSA) is 241 Å². The first kappa shape index (κ1) is 20.3. The lowest BCUT2D eigenvalue weighted by Gasteiger charge is -2.23. The van der Waals surface area contributed by atoms with Crippen LogP contribution in [0.15, 0.2) is 0 Å². The van der Waals surface area contributed by atoms with E-state index in [1.54, 1.807) is 0 Å². The molecule has 0 aromatic heterocycles. The molecule has 1 fully saturated rings. The third kappa shape index (κ3) is 6.04. The van der Waals surface area contributed by atoms with Crippen LogP contribution < -0.4 is 0 Å². The van der Waals surface area contributed by atoms with Gasteiger partial charge in [0.2, 0.25) is 0 Å². The minimum atomic E-state index is -5.31. The number of aliphatic hydroxyl groups is 2. The minimum Gasteiger partial charge on any atom is -0.387 e. The summed E-state index contributed by atoms with van der Waals surface area (Å²) in [4.78, 5) is 51.9. The summed E-state index contributed by atoms with van der Waals surface area (Å²) in [7, 11) is -15.9. The first-order valence-electron chi connectivity index (χ1n) is 5.19. The summed E-state index contributed by atoms with van der Waals surface area (Å²) < 4.78 is 44.4. The zero-order valence-corrected chi connectivity index (χ0v) is 12.9. The second-order valence-electron chi connectivity index (χ2n) is 4.16. The molecular weight excluding hydrogens is 377 g/mol. The van der Waals surface area contributed by atoms with Gasteiger partial charge in [0, 0.05) is 0 Å². The predicted molar refractivity (Wildman–Crippen MR) is 62.8 cm³/mol. The van der Waals surface area contributed by atoms with E-state index in [1.807, 2.05) is 0 Å². The lowest BCUT2D eigenvalue weighted by molar-refractivity contribution is -0.0388. The molecule has 0 amide bonds. The Kier molecular flexibility index (Phi) is 6.12. The van der Waals surface area contributed by atoms with Crippen molar-refractivity contribution in [2.24, 2.45) is 0 Å². The summed E-state index contributed by atoms with van der Waals surface area (Å²) in [6.07, 6.45) is -11.2. The standard InChI is InChI=1S/C5H13O14P3/c6-1-3(17-20(8,9)10)2(7)5(19-22(14,15)16)4(1)18-21(11,12)13/h1-7H,(H2,8,9,10)(H2,11,12,13)(H2,14,15,16)/t1-,2-,4+,5+/m0/s1. The Morgan fingerprint density at radius 1 is 0.545 bits per heavy atom. The Labute approximate surface area is 122 Å². The lowest BCUT2D eigenvalue weighted by atomic mass is 10.2.